The lowest BCUT2D eigenvalue weighted by Gasteiger charge is -2.30. The molecule has 0 fully saturated rings. The highest BCUT2D eigenvalue weighted by Crippen LogP contribution is 2.39. The molecule has 0 amide bonds. The zero-order valence-electron chi connectivity index (χ0n) is 10.6. The first kappa shape index (κ1) is 15.8. The van der Waals surface area contributed by atoms with Crippen molar-refractivity contribution in [3.05, 3.63) is 11.6 Å². The van der Waals surface area contributed by atoms with Gasteiger partial charge in [-0.15, -0.1) is 11.3 Å². The van der Waals surface area contributed by atoms with Crippen molar-refractivity contribution in [3.8, 4) is 0 Å². The molecule has 1 aromatic rings. The summed E-state index contributed by atoms with van der Waals surface area (Å²) in [5.41, 5.74) is 0.380. The molecule has 1 aliphatic rings. The molecule has 0 saturated carbocycles. The molecule has 0 radical (unpaired) electrons. The third-order valence-corrected chi connectivity index (χ3v) is 7.82. The highest BCUT2D eigenvalue weighted by molar-refractivity contribution is 7.94. The molecule has 1 aromatic heterocycles. The van der Waals surface area contributed by atoms with Gasteiger partial charge in [0.25, 0.3) is 10.0 Å². The number of rotatable bonds is 4. The topological polar surface area (TPSA) is 130 Å². The fourth-order valence-electron chi connectivity index (χ4n) is 2.02. The first-order valence-electron chi connectivity index (χ1n) is 5.72. The average molecular weight is 341 g/mol. The summed E-state index contributed by atoms with van der Waals surface area (Å²) in [6, 6.07) is 0.909. The molecule has 0 bridgehead atoms. The van der Waals surface area contributed by atoms with Gasteiger partial charge in [0.2, 0.25) is 10.0 Å². The number of aliphatic hydroxyl groups excluding tert-OH is 1. The first-order valence-corrected chi connectivity index (χ1v) is 9.53. The summed E-state index contributed by atoms with van der Waals surface area (Å²) in [4.78, 5) is 0. The van der Waals surface area contributed by atoms with Gasteiger partial charge in [0.15, 0.2) is 0 Å². The molecule has 4 N–H and O–H groups in total. The second-order valence-electron chi connectivity index (χ2n) is 4.24. The van der Waals surface area contributed by atoms with Gasteiger partial charge in [-0.05, 0) is 12.6 Å². The number of likely N-dealkylation sites (N-methyl/N-ethyl adjacent to an activating group) is 1. The molecule has 1 aliphatic heterocycles. The summed E-state index contributed by atoms with van der Waals surface area (Å²) in [6.07, 6.45) is 0. The van der Waals surface area contributed by atoms with Gasteiger partial charge >= 0.3 is 0 Å². The number of nitrogens with two attached hydrogens (primary N) is 1. The lowest BCUT2D eigenvalue weighted by atomic mass is 10.1. The van der Waals surface area contributed by atoms with Crippen molar-refractivity contribution in [3.63, 3.8) is 0 Å². The van der Waals surface area contributed by atoms with Crippen molar-refractivity contribution in [2.24, 2.45) is 5.14 Å². The SMILES string of the molecule is CCN[C@H]1CN(CO)S(=O)(=O)c2sc(S(N)(=O)=O)cc21. The molecule has 2 rings (SSSR count). The van der Waals surface area contributed by atoms with Crippen LogP contribution >= 0.6 is 11.3 Å². The monoisotopic (exact) mass is 341 g/mol. The summed E-state index contributed by atoms with van der Waals surface area (Å²) < 4.78 is 47.9. The summed E-state index contributed by atoms with van der Waals surface area (Å²) in [5.74, 6) is 0. The number of fused-ring (bicyclic) bond motifs is 1. The van der Waals surface area contributed by atoms with Crippen molar-refractivity contribution in [2.45, 2.75) is 21.4 Å². The Balaban J connectivity index is 2.64. The molecule has 1 atom stereocenters. The number of hydrogen-bond acceptors (Lipinski definition) is 7. The Bertz CT molecular complexity index is 709. The smallest absolute Gasteiger partial charge is 0.254 e. The van der Waals surface area contributed by atoms with Gasteiger partial charge < -0.3 is 10.4 Å². The van der Waals surface area contributed by atoms with Gasteiger partial charge in [0, 0.05) is 18.2 Å². The minimum Gasteiger partial charge on any atom is -0.380 e. The minimum atomic E-state index is -3.96. The fourth-order valence-corrected chi connectivity index (χ4v) is 6.11. The highest BCUT2D eigenvalue weighted by atomic mass is 32.3. The van der Waals surface area contributed by atoms with Crippen LogP contribution in [0.15, 0.2) is 14.5 Å². The van der Waals surface area contributed by atoms with E-state index >= 15 is 0 Å². The molecule has 20 heavy (non-hydrogen) atoms. The normalized spacial score (nSPS) is 22.6. The van der Waals surface area contributed by atoms with E-state index in [1.807, 2.05) is 6.92 Å². The van der Waals surface area contributed by atoms with Crippen LogP contribution in [0.4, 0.5) is 0 Å². The Kier molecular flexibility index (Phi) is 4.22. The Hall–Kier alpha value is -0.560. The van der Waals surface area contributed by atoms with E-state index in [4.69, 9.17) is 5.14 Å². The number of sulfonamides is 2. The van der Waals surface area contributed by atoms with Crippen LogP contribution in [0.1, 0.15) is 18.5 Å². The van der Waals surface area contributed by atoms with Crippen LogP contribution in [0.3, 0.4) is 0 Å². The molecule has 0 saturated heterocycles. The molecule has 0 unspecified atom stereocenters. The van der Waals surface area contributed by atoms with E-state index in [9.17, 15) is 21.9 Å². The lowest BCUT2D eigenvalue weighted by Crippen LogP contribution is -2.43. The van der Waals surface area contributed by atoms with Gasteiger partial charge in [-0.3, -0.25) is 0 Å². The van der Waals surface area contributed by atoms with Crippen LogP contribution in [-0.4, -0.2) is 46.1 Å². The molecule has 2 heterocycles. The summed E-state index contributed by atoms with van der Waals surface area (Å²) in [5, 5.41) is 17.3. The fraction of sp³-hybridized carbons (Fsp3) is 0.556. The molecule has 8 nitrogen and oxygen atoms in total. The third-order valence-electron chi connectivity index (χ3n) is 2.93. The van der Waals surface area contributed by atoms with E-state index in [0.29, 0.717) is 23.4 Å². The van der Waals surface area contributed by atoms with E-state index in [2.05, 4.69) is 5.32 Å². The van der Waals surface area contributed by atoms with E-state index in [0.717, 1.165) is 4.31 Å². The van der Waals surface area contributed by atoms with Crippen molar-refractivity contribution in [1.82, 2.24) is 9.62 Å². The Labute approximate surface area is 121 Å². The van der Waals surface area contributed by atoms with E-state index in [1.54, 1.807) is 0 Å². The summed E-state index contributed by atoms with van der Waals surface area (Å²) >= 11 is 0.604. The van der Waals surface area contributed by atoms with Gasteiger partial charge in [-0.2, -0.15) is 4.31 Å². The predicted molar refractivity (Wildman–Crippen MR) is 73.1 cm³/mol. The van der Waals surface area contributed by atoms with Gasteiger partial charge in [-0.25, -0.2) is 22.0 Å². The van der Waals surface area contributed by atoms with Crippen molar-refractivity contribution in [2.75, 3.05) is 19.8 Å². The van der Waals surface area contributed by atoms with Crippen LogP contribution in [0.25, 0.3) is 0 Å². The van der Waals surface area contributed by atoms with Crippen LogP contribution in [-0.2, 0) is 20.0 Å². The Morgan fingerprint density at radius 3 is 2.75 bits per heavy atom. The Morgan fingerprint density at radius 2 is 2.25 bits per heavy atom. The van der Waals surface area contributed by atoms with Gasteiger partial charge in [-0.1, -0.05) is 6.92 Å². The highest BCUT2D eigenvalue weighted by Gasteiger charge is 2.39. The second-order valence-corrected chi connectivity index (χ2v) is 9.22. The van der Waals surface area contributed by atoms with E-state index in [1.165, 1.54) is 6.07 Å². The number of nitrogens with zero attached hydrogens (tertiary/aromatic N) is 1. The summed E-state index contributed by atoms with van der Waals surface area (Å²) in [7, 11) is -7.85. The van der Waals surface area contributed by atoms with Crippen LogP contribution in [0.2, 0.25) is 0 Å². The molecular formula is C9H15N3O5S3. The largest absolute Gasteiger partial charge is 0.380 e. The zero-order chi connectivity index (χ0) is 15.1. The summed E-state index contributed by atoms with van der Waals surface area (Å²) in [6.45, 7) is 1.80. The lowest BCUT2D eigenvalue weighted by molar-refractivity contribution is 0.165. The maximum Gasteiger partial charge on any atom is 0.254 e. The van der Waals surface area contributed by atoms with Crippen molar-refractivity contribution in [1.29, 1.82) is 0 Å². The number of aliphatic hydroxyl groups is 1. The maximum atomic E-state index is 12.2. The molecule has 0 spiro atoms. The van der Waals surface area contributed by atoms with E-state index in [-0.39, 0.29) is 21.0 Å². The zero-order valence-corrected chi connectivity index (χ0v) is 13.1. The van der Waals surface area contributed by atoms with Gasteiger partial charge in [0.1, 0.15) is 15.1 Å². The van der Waals surface area contributed by atoms with Crippen LogP contribution in [0.5, 0.6) is 0 Å². The maximum absolute atomic E-state index is 12.2. The third kappa shape index (κ3) is 2.62. The minimum absolute atomic E-state index is 0.0421. The molecule has 114 valence electrons. The quantitative estimate of drug-likeness (QED) is 0.644. The van der Waals surface area contributed by atoms with Crippen molar-refractivity contribution < 1.29 is 21.9 Å². The average Bonchev–Trinajstić information content (AvgIpc) is 2.78. The van der Waals surface area contributed by atoms with Crippen molar-refractivity contribution >= 4 is 31.4 Å². The number of thiophene rings is 1. The standard InChI is InChI=1S/C9H15N3O5S3/c1-2-11-7-4-12(5-13)20(16,17)9-6(7)3-8(18-9)19(10,14)15/h3,7,11,13H,2,4-5H2,1H3,(H2,10,14,15)/t7-/m0/s1. The van der Waals surface area contributed by atoms with Crippen LogP contribution in [0, 0.1) is 0 Å². The molecule has 0 aliphatic carbocycles. The molecule has 11 heteroatoms. The number of primary sulfonamides is 1. The van der Waals surface area contributed by atoms with Crippen LogP contribution < -0.4 is 10.5 Å². The number of hydrogen-bond donors (Lipinski definition) is 3. The Morgan fingerprint density at radius 1 is 1.60 bits per heavy atom. The predicted octanol–water partition coefficient (Wildman–Crippen LogP) is -1.000. The second kappa shape index (κ2) is 5.33. The molecular weight excluding hydrogens is 326 g/mol. The van der Waals surface area contributed by atoms with E-state index < -0.39 is 26.8 Å². The van der Waals surface area contributed by atoms with Gasteiger partial charge in [0.05, 0.1) is 0 Å². The number of nitrogens with one attached hydrogen (secondary N) is 1. The first-order chi connectivity index (χ1) is 9.21. The molecule has 0 aromatic carbocycles.